The van der Waals surface area contributed by atoms with Gasteiger partial charge in [-0.2, -0.15) is 5.53 Å². The Balaban J connectivity index is 1.55. The van der Waals surface area contributed by atoms with Crippen molar-refractivity contribution in [1.82, 2.24) is 31.3 Å². The van der Waals surface area contributed by atoms with Crippen LogP contribution in [0.25, 0.3) is 0 Å². The molecule has 1 aliphatic rings. The molecule has 12 heteroatoms. The fourth-order valence-corrected chi connectivity index (χ4v) is 6.33. The van der Waals surface area contributed by atoms with Crippen molar-refractivity contribution in [2.45, 2.75) is 31.3 Å². The minimum absolute atomic E-state index is 0.192. The SMILES string of the molecule is Clc1ncc(CC2NNNC(Cc3cnc(Cl)s3)C2Cc2cnc(Cl)s2)s1. The zero-order valence-corrected chi connectivity index (χ0v) is 18.5. The van der Waals surface area contributed by atoms with Gasteiger partial charge in [-0.05, 0) is 12.3 Å². The molecule has 0 saturated carbocycles. The first-order chi connectivity index (χ1) is 13.1. The summed E-state index contributed by atoms with van der Waals surface area (Å²) >= 11 is 22.6. The van der Waals surface area contributed by atoms with E-state index in [4.69, 9.17) is 34.8 Å². The van der Waals surface area contributed by atoms with Gasteiger partial charge in [0.25, 0.3) is 0 Å². The molecule has 27 heavy (non-hydrogen) atoms. The summed E-state index contributed by atoms with van der Waals surface area (Å²) in [5.41, 5.74) is 9.85. The van der Waals surface area contributed by atoms with Gasteiger partial charge in [-0.15, -0.1) is 34.0 Å². The van der Waals surface area contributed by atoms with Crippen LogP contribution in [-0.4, -0.2) is 27.0 Å². The summed E-state index contributed by atoms with van der Waals surface area (Å²) in [7, 11) is 0. The van der Waals surface area contributed by atoms with Gasteiger partial charge < -0.3 is 0 Å². The molecule has 0 radical (unpaired) electrons. The van der Waals surface area contributed by atoms with Crippen LogP contribution in [0.4, 0.5) is 0 Å². The largest absolute Gasteiger partial charge is 0.240 e. The summed E-state index contributed by atoms with van der Waals surface area (Å²) in [6.07, 6.45) is 8.06. The summed E-state index contributed by atoms with van der Waals surface area (Å²) in [5.74, 6) is 0.296. The number of nitrogens with zero attached hydrogens (tertiary/aromatic N) is 3. The Labute approximate surface area is 183 Å². The minimum Gasteiger partial charge on any atom is -0.240 e. The average Bonchev–Trinajstić information content (AvgIpc) is 3.33. The van der Waals surface area contributed by atoms with Crippen LogP contribution in [-0.2, 0) is 19.3 Å². The Hall–Kier alpha value is -0.360. The lowest BCUT2D eigenvalue weighted by Crippen LogP contribution is -2.66. The van der Waals surface area contributed by atoms with Crippen molar-refractivity contribution in [2.75, 3.05) is 0 Å². The Morgan fingerprint density at radius 3 is 1.48 bits per heavy atom. The molecule has 4 heterocycles. The fourth-order valence-electron chi connectivity index (χ4n) is 3.21. The quantitative estimate of drug-likeness (QED) is 0.494. The molecular formula is C15H15Cl3N6S3. The molecule has 0 spiro atoms. The van der Waals surface area contributed by atoms with Crippen LogP contribution in [0.15, 0.2) is 18.6 Å². The maximum absolute atomic E-state index is 6.04. The first kappa shape index (κ1) is 19.9. The molecule has 0 aliphatic carbocycles. The van der Waals surface area contributed by atoms with Crippen LogP contribution >= 0.6 is 68.8 Å². The van der Waals surface area contributed by atoms with Crippen molar-refractivity contribution in [3.63, 3.8) is 0 Å². The summed E-state index contributed by atoms with van der Waals surface area (Å²) in [6.45, 7) is 0. The highest BCUT2D eigenvalue weighted by Gasteiger charge is 2.34. The number of hydrogen-bond donors (Lipinski definition) is 3. The second-order valence-corrected chi connectivity index (χ2v) is 11.2. The average molecular weight is 482 g/mol. The molecule has 3 aromatic rings. The molecule has 0 amide bonds. The molecule has 3 aromatic heterocycles. The Morgan fingerprint density at radius 2 is 1.11 bits per heavy atom. The predicted molar refractivity (Wildman–Crippen MR) is 113 cm³/mol. The molecular weight excluding hydrogens is 467 g/mol. The maximum Gasteiger partial charge on any atom is 0.183 e. The zero-order valence-electron chi connectivity index (χ0n) is 13.8. The minimum atomic E-state index is 0.192. The van der Waals surface area contributed by atoms with Crippen LogP contribution in [0.1, 0.15) is 14.6 Å². The van der Waals surface area contributed by atoms with E-state index in [0.29, 0.717) is 19.3 Å². The predicted octanol–water partition coefficient (Wildman–Crippen LogP) is 4.01. The van der Waals surface area contributed by atoms with E-state index in [-0.39, 0.29) is 12.1 Å². The van der Waals surface area contributed by atoms with E-state index in [1.165, 1.54) is 34.0 Å². The third-order valence-electron chi connectivity index (χ3n) is 4.40. The van der Waals surface area contributed by atoms with Gasteiger partial charge in [0.05, 0.1) is 0 Å². The van der Waals surface area contributed by atoms with E-state index in [9.17, 15) is 0 Å². The van der Waals surface area contributed by atoms with Crippen molar-refractivity contribution < 1.29 is 0 Å². The van der Waals surface area contributed by atoms with Crippen molar-refractivity contribution in [3.05, 3.63) is 46.6 Å². The van der Waals surface area contributed by atoms with Gasteiger partial charge in [-0.1, -0.05) is 34.8 Å². The first-order valence-electron chi connectivity index (χ1n) is 8.13. The van der Waals surface area contributed by atoms with Gasteiger partial charge in [0.2, 0.25) is 0 Å². The highest BCUT2D eigenvalue weighted by atomic mass is 35.5. The van der Waals surface area contributed by atoms with E-state index < -0.39 is 0 Å². The molecule has 1 saturated heterocycles. The molecule has 1 aliphatic heterocycles. The number of rotatable bonds is 6. The number of hydrogen-bond acceptors (Lipinski definition) is 9. The standard InChI is InChI=1S/C15H15Cl3N6S3/c16-13-19-4-7(25-13)1-10-11(2-8-5-20-14(17)26-8)22-24-23-12(10)3-9-6-21-15(18)27-9/h4-6,10-12,22-24H,1-3H2. The lowest BCUT2D eigenvalue weighted by Gasteiger charge is -2.39. The highest BCUT2D eigenvalue weighted by molar-refractivity contribution is 7.16. The lowest BCUT2D eigenvalue weighted by molar-refractivity contribution is 0.150. The third-order valence-corrected chi connectivity index (χ3v) is 7.82. The number of aromatic nitrogens is 3. The van der Waals surface area contributed by atoms with Crippen molar-refractivity contribution in [3.8, 4) is 0 Å². The molecule has 1 fully saturated rings. The number of nitrogens with one attached hydrogen (secondary N) is 3. The van der Waals surface area contributed by atoms with Gasteiger partial charge in [0.15, 0.2) is 13.4 Å². The van der Waals surface area contributed by atoms with Crippen LogP contribution in [0, 0.1) is 5.92 Å². The number of thiazole rings is 3. The van der Waals surface area contributed by atoms with E-state index in [1.54, 1.807) is 0 Å². The first-order valence-corrected chi connectivity index (χ1v) is 11.7. The Bertz CT molecular complexity index is 847. The molecule has 0 bridgehead atoms. The van der Waals surface area contributed by atoms with Crippen LogP contribution in [0.3, 0.4) is 0 Å². The fraction of sp³-hybridized carbons (Fsp3) is 0.400. The van der Waals surface area contributed by atoms with Gasteiger partial charge in [-0.25, -0.2) is 25.8 Å². The zero-order chi connectivity index (χ0) is 18.8. The molecule has 3 N–H and O–H groups in total. The Morgan fingerprint density at radius 1 is 0.704 bits per heavy atom. The monoisotopic (exact) mass is 480 g/mol. The second-order valence-electron chi connectivity index (χ2n) is 6.14. The van der Waals surface area contributed by atoms with Crippen LogP contribution in [0.5, 0.6) is 0 Å². The van der Waals surface area contributed by atoms with Gasteiger partial charge >= 0.3 is 0 Å². The summed E-state index contributed by atoms with van der Waals surface area (Å²) in [5, 5.41) is 0. The molecule has 144 valence electrons. The summed E-state index contributed by atoms with van der Waals surface area (Å²) < 4.78 is 1.69. The molecule has 0 aromatic carbocycles. The van der Waals surface area contributed by atoms with Gasteiger partial charge in [0, 0.05) is 58.1 Å². The van der Waals surface area contributed by atoms with E-state index in [1.807, 2.05) is 18.6 Å². The van der Waals surface area contributed by atoms with Crippen molar-refractivity contribution in [1.29, 1.82) is 0 Å². The Kier molecular flexibility index (Phi) is 6.63. The number of halogens is 3. The van der Waals surface area contributed by atoms with E-state index >= 15 is 0 Å². The number of hydrazine groups is 2. The van der Waals surface area contributed by atoms with E-state index in [2.05, 4.69) is 31.3 Å². The lowest BCUT2D eigenvalue weighted by atomic mass is 9.84. The molecule has 2 unspecified atom stereocenters. The van der Waals surface area contributed by atoms with Crippen molar-refractivity contribution in [2.24, 2.45) is 5.92 Å². The van der Waals surface area contributed by atoms with Crippen LogP contribution < -0.4 is 16.4 Å². The van der Waals surface area contributed by atoms with Gasteiger partial charge in [0.1, 0.15) is 0 Å². The molecule has 2 atom stereocenters. The molecule has 4 rings (SSSR count). The van der Waals surface area contributed by atoms with E-state index in [0.717, 1.165) is 33.9 Å². The smallest absolute Gasteiger partial charge is 0.183 e. The van der Waals surface area contributed by atoms with Gasteiger partial charge in [-0.3, -0.25) is 0 Å². The maximum atomic E-state index is 6.04. The summed E-state index contributed by atoms with van der Waals surface area (Å²) in [6, 6.07) is 0.383. The highest BCUT2D eigenvalue weighted by Crippen LogP contribution is 2.30. The second kappa shape index (κ2) is 8.98. The normalized spacial score (nSPS) is 23.0. The third kappa shape index (κ3) is 5.17. The topological polar surface area (TPSA) is 74.8 Å². The molecule has 6 nitrogen and oxygen atoms in total. The van der Waals surface area contributed by atoms with Crippen molar-refractivity contribution >= 4 is 68.8 Å². The van der Waals surface area contributed by atoms with Crippen LogP contribution in [0.2, 0.25) is 13.4 Å². The summed E-state index contributed by atoms with van der Waals surface area (Å²) in [4.78, 5) is 16.0.